The van der Waals surface area contributed by atoms with Crippen molar-refractivity contribution in [2.75, 3.05) is 12.3 Å². The van der Waals surface area contributed by atoms with Crippen molar-refractivity contribution in [2.45, 2.75) is 51.5 Å². The van der Waals surface area contributed by atoms with Gasteiger partial charge in [-0.05, 0) is 38.3 Å². The van der Waals surface area contributed by atoms with Crippen LogP contribution in [0.25, 0.3) is 0 Å². The fraction of sp³-hybridized carbons (Fsp3) is 0.600. The maximum Gasteiger partial charge on any atom is 0.0106 e. The largest absolute Gasteiger partial charge is 0.313 e. The number of thioether (sulfide) groups is 1. The molecule has 17 heavy (non-hydrogen) atoms. The summed E-state index contributed by atoms with van der Waals surface area (Å²) in [6.07, 6.45) is 2.45. The molecule has 1 rings (SSSR count). The van der Waals surface area contributed by atoms with Gasteiger partial charge in [0.05, 0.1) is 0 Å². The van der Waals surface area contributed by atoms with Gasteiger partial charge >= 0.3 is 0 Å². The summed E-state index contributed by atoms with van der Waals surface area (Å²) in [5.74, 6) is 1.15. The van der Waals surface area contributed by atoms with E-state index in [0.717, 1.165) is 12.3 Å². The van der Waals surface area contributed by atoms with Gasteiger partial charge in [0.2, 0.25) is 0 Å². The zero-order valence-corrected chi connectivity index (χ0v) is 12.4. The van der Waals surface area contributed by atoms with Crippen molar-refractivity contribution in [3.8, 4) is 0 Å². The Kier molecular flexibility index (Phi) is 6.68. The standard InChI is InChI=1S/C15H25NS/c1-5-14(6-2)16-9-10-17-15-8-7-12(3)11-13(15)4/h7-8,11,14,16H,5-6,9-10H2,1-4H3. The molecule has 0 amide bonds. The van der Waals surface area contributed by atoms with Crippen LogP contribution in [0.2, 0.25) is 0 Å². The highest BCUT2D eigenvalue weighted by molar-refractivity contribution is 7.99. The molecule has 0 aliphatic heterocycles. The molecule has 0 aliphatic rings. The minimum absolute atomic E-state index is 0.690. The third-order valence-corrected chi connectivity index (χ3v) is 4.29. The molecule has 0 saturated carbocycles. The molecule has 0 aliphatic carbocycles. The van der Waals surface area contributed by atoms with E-state index >= 15 is 0 Å². The van der Waals surface area contributed by atoms with E-state index in [2.05, 4.69) is 51.2 Å². The van der Waals surface area contributed by atoms with Crippen molar-refractivity contribution in [1.29, 1.82) is 0 Å². The second-order valence-corrected chi connectivity index (χ2v) is 5.72. The Morgan fingerprint density at radius 2 is 1.88 bits per heavy atom. The zero-order valence-electron chi connectivity index (χ0n) is 11.5. The summed E-state index contributed by atoms with van der Waals surface area (Å²) in [7, 11) is 0. The van der Waals surface area contributed by atoms with E-state index < -0.39 is 0 Å². The fourth-order valence-electron chi connectivity index (χ4n) is 1.96. The van der Waals surface area contributed by atoms with Crippen molar-refractivity contribution in [3.05, 3.63) is 29.3 Å². The molecule has 96 valence electrons. The minimum atomic E-state index is 0.690. The van der Waals surface area contributed by atoms with Crippen LogP contribution in [-0.2, 0) is 0 Å². The summed E-state index contributed by atoms with van der Waals surface area (Å²) in [5.41, 5.74) is 2.75. The van der Waals surface area contributed by atoms with Crippen LogP contribution in [-0.4, -0.2) is 18.3 Å². The molecule has 2 heteroatoms. The first-order valence-electron chi connectivity index (χ1n) is 6.60. The van der Waals surface area contributed by atoms with E-state index in [4.69, 9.17) is 0 Å². The molecule has 0 heterocycles. The van der Waals surface area contributed by atoms with Crippen LogP contribution in [0.1, 0.15) is 37.8 Å². The topological polar surface area (TPSA) is 12.0 Å². The van der Waals surface area contributed by atoms with Crippen LogP contribution >= 0.6 is 11.8 Å². The lowest BCUT2D eigenvalue weighted by Gasteiger charge is -2.14. The third kappa shape index (κ3) is 5.13. The average Bonchev–Trinajstić information content (AvgIpc) is 2.32. The van der Waals surface area contributed by atoms with E-state index in [9.17, 15) is 0 Å². The second-order valence-electron chi connectivity index (χ2n) is 4.58. The van der Waals surface area contributed by atoms with Crippen molar-refractivity contribution in [2.24, 2.45) is 0 Å². The molecule has 0 bridgehead atoms. The Morgan fingerprint density at radius 1 is 1.18 bits per heavy atom. The summed E-state index contributed by atoms with van der Waals surface area (Å²) < 4.78 is 0. The van der Waals surface area contributed by atoms with Gasteiger partial charge in [-0.15, -0.1) is 11.8 Å². The normalized spacial score (nSPS) is 11.1. The highest BCUT2D eigenvalue weighted by Gasteiger charge is 2.02. The molecular weight excluding hydrogens is 226 g/mol. The van der Waals surface area contributed by atoms with Crippen LogP contribution in [0.4, 0.5) is 0 Å². The predicted octanol–water partition coefficient (Wildman–Crippen LogP) is 4.17. The van der Waals surface area contributed by atoms with Crippen molar-refractivity contribution in [1.82, 2.24) is 5.32 Å². The Labute approximate surface area is 110 Å². The van der Waals surface area contributed by atoms with Gasteiger partial charge in [-0.25, -0.2) is 0 Å². The first-order valence-corrected chi connectivity index (χ1v) is 7.59. The molecule has 0 saturated heterocycles. The number of rotatable bonds is 7. The molecule has 0 radical (unpaired) electrons. The van der Waals surface area contributed by atoms with Gasteiger partial charge in [0, 0.05) is 23.2 Å². The SMILES string of the molecule is CCC(CC)NCCSc1ccc(C)cc1C. The molecule has 0 spiro atoms. The number of hydrogen-bond donors (Lipinski definition) is 1. The Balaban J connectivity index is 2.31. The number of benzene rings is 1. The molecular formula is C15H25NS. The van der Waals surface area contributed by atoms with Gasteiger partial charge in [-0.2, -0.15) is 0 Å². The zero-order chi connectivity index (χ0) is 12.7. The molecule has 0 atom stereocenters. The molecule has 0 fully saturated rings. The van der Waals surface area contributed by atoms with E-state index in [1.807, 2.05) is 11.8 Å². The molecule has 0 aromatic heterocycles. The van der Waals surface area contributed by atoms with Gasteiger partial charge in [-0.1, -0.05) is 31.5 Å². The molecule has 0 unspecified atom stereocenters. The smallest absolute Gasteiger partial charge is 0.0106 e. The highest BCUT2D eigenvalue weighted by atomic mass is 32.2. The monoisotopic (exact) mass is 251 g/mol. The summed E-state index contributed by atoms with van der Waals surface area (Å²) >= 11 is 1.96. The molecule has 1 nitrogen and oxygen atoms in total. The molecule has 1 aromatic carbocycles. The summed E-state index contributed by atoms with van der Waals surface area (Å²) in [6, 6.07) is 7.39. The third-order valence-electron chi connectivity index (χ3n) is 3.11. The summed E-state index contributed by atoms with van der Waals surface area (Å²) in [4.78, 5) is 1.42. The highest BCUT2D eigenvalue weighted by Crippen LogP contribution is 2.22. The minimum Gasteiger partial charge on any atom is -0.313 e. The van der Waals surface area contributed by atoms with Gasteiger partial charge in [0.15, 0.2) is 0 Å². The van der Waals surface area contributed by atoms with Crippen LogP contribution in [0.15, 0.2) is 23.1 Å². The lowest BCUT2D eigenvalue weighted by molar-refractivity contribution is 0.501. The van der Waals surface area contributed by atoms with Crippen molar-refractivity contribution >= 4 is 11.8 Å². The summed E-state index contributed by atoms with van der Waals surface area (Å²) in [5, 5.41) is 3.60. The van der Waals surface area contributed by atoms with E-state index in [0.29, 0.717) is 6.04 Å². The number of hydrogen-bond acceptors (Lipinski definition) is 2. The van der Waals surface area contributed by atoms with Crippen LogP contribution in [0.5, 0.6) is 0 Å². The maximum absolute atomic E-state index is 3.60. The second kappa shape index (κ2) is 7.78. The average molecular weight is 251 g/mol. The first kappa shape index (κ1) is 14.6. The van der Waals surface area contributed by atoms with Gasteiger partial charge < -0.3 is 5.32 Å². The first-order chi connectivity index (χ1) is 8.17. The fourth-order valence-corrected chi connectivity index (χ4v) is 2.85. The van der Waals surface area contributed by atoms with Crippen LogP contribution in [0, 0.1) is 13.8 Å². The van der Waals surface area contributed by atoms with E-state index in [1.54, 1.807) is 0 Å². The van der Waals surface area contributed by atoms with Crippen molar-refractivity contribution in [3.63, 3.8) is 0 Å². The molecule has 1 aromatic rings. The molecule has 1 N–H and O–H groups in total. The number of aryl methyl sites for hydroxylation is 2. The quantitative estimate of drug-likeness (QED) is 0.576. The van der Waals surface area contributed by atoms with Gasteiger partial charge in [0.1, 0.15) is 0 Å². The summed E-state index contributed by atoms with van der Waals surface area (Å²) in [6.45, 7) is 9.95. The van der Waals surface area contributed by atoms with Crippen LogP contribution in [0.3, 0.4) is 0 Å². The Bertz CT molecular complexity index is 332. The lowest BCUT2D eigenvalue weighted by atomic mass is 10.2. The Morgan fingerprint density at radius 3 is 2.47 bits per heavy atom. The van der Waals surface area contributed by atoms with Crippen molar-refractivity contribution < 1.29 is 0 Å². The van der Waals surface area contributed by atoms with E-state index in [-0.39, 0.29) is 0 Å². The number of nitrogens with one attached hydrogen (secondary N) is 1. The van der Waals surface area contributed by atoms with Crippen LogP contribution < -0.4 is 5.32 Å². The van der Waals surface area contributed by atoms with Gasteiger partial charge in [-0.3, -0.25) is 0 Å². The maximum atomic E-state index is 3.60. The van der Waals surface area contributed by atoms with Gasteiger partial charge in [0.25, 0.3) is 0 Å². The predicted molar refractivity (Wildman–Crippen MR) is 79.0 cm³/mol. The van der Waals surface area contributed by atoms with E-state index in [1.165, 1.54) is 28.9 Å². The Hall–Kier alpha value is -0.470. The lowest BCUT2D eigenvalue weighted by Crippen LogP contribution is -2.29.